The van der Waals surface area contributed by atoms with E-state index in [-0.39, 0.29) is 11.8 Å². The van der Waals surface area contributed by atoms with Gasteiger partial charge in [0.15, 0.2) is 0 Å². The van der Waals surface area contributed by atoms with Gasteiger partial charge in [-0.3, -0.25) is 4.79 Å². The molecule has 2 heterocycles. The molecule has 2 saturated heterocycles. The number of likely N-dealkylation sites (N-methyl/N-ethyl adjacent to an activating group) is 1. The fraction of sp³-hybridized carbons (Fsp3) is 0.588. The quantitative estimate of drug-likeness (QED) is 0.810. The van der Waals surface area contributed by atoms with E-state index in [0.717, 1.165) is 26.2 Å². The molecule has 2 aliphatic heterocycles. The van der Waals surface area contributed by atoms with Crippen LogP contribution in [0, 0.1) is 5.92 Å². The van der Waals surface area contributed by atoms with Crippen LogP contribution in [-0.2, 0) is 14.8 Å². The maximum Gasteiger partial charge on any atom is 0.243 e. The van der Waals surface area contributed by atoms with Gasteiger partial charge in [0.2, 0.25) is 15.9 Å². The Hall–Kier alpha value is -1.44. The number of sulfonamides is 1. The maximum absolute atomic E-state index is 12.6. The lowest BCUT2D eigenvalue weighted by Crippen LogP contribution is -2.50. The number of rotatable bonds is 3. The molecule has 0 aromatic heterocycles. The Bertz CT molecular complexity index is 662. The van der Waals surface area contributed by atoms with Crippen LogP contribution in [0.4, 0.5) is 0 Å². The number of carbonyl (C=O) groups is 1. The molecule has 2 aliphatic rings. The van der Waals surface area contributed by atoms with Gasteiger partial charge in [-0.15, -0.1) is 0 Å². The summed E-state index contributed by atoms with van der Waals surface area (Å²) in [7, 11) is -1.38. The molecule has 1 amide bonds. The van der Waals surface area contributed by atoms with Crippen molar-refractivity contribution in [2.75, 3.05) is 46.3 Å². The molecule has 24 heavy (non-hydrogen) atoms. The van der Waals surface area contributed by atoms with Gasteiger partial charge >= 0.3 is 0 Å². The van der Waals surface area contributed by atoms with Crippen LogP contribution in [-0.4, -0.2) is 74.7 Å². The first-order valence-corrected chi connectivity index (χ1v) is 9.95. The summed E-state index contributed by atoms with van der Waals surface area (Å²) in [6.45, 7) is 4.21. The van der Waals surface area contributed by atoms with E-state index in [4.69, 9.17) is 0 Å². The summed E-state index contributed by atoms with van der Waals surface area (Å²) in [6.07, 6.45) is 1.22. The topological polar surface area (TPSA) is 60.9 Å². The smallest absolute Gasteiger partial charge is 0.243 e. The molecule has 6 nitrogen and oxygen atoms in total. The van der Waals surface area contributed by atoms with E-state index in [1.165, 1.54) is 4.31 Å². The highest BCUT2D eigenvalue weighted by atomic mass is 32.2. The van der Waals surface area contributed by atoms with E-state index in [0.29, 0.717) is 30.8 Å². The summed E-state index contributed by atoms with van der Waals surface area (Å²) >= 11 is 0. The van der Waals surface area contributed by atoms with Crippen molar-refractivity contribution in [1.82, 2.24) is 14.1 Å². The number of piperazine rings is 1. The minimum Gasteiger partial charge on any atom is -0.340 e. The van der Waals surface area contributed by atoms with Gasteiger partial charge in [-0.2, -0.15) is 4.31 Å². The van der Waals surface area contributed by atoms with Gasteiger partial charge in [0.1, 0.15) is 0 Å². The SMILES string of the molecule is CN1CCN(C(=O)C2CCN(S(=O)(=O)c3ccccc3)CC2)CC1. The molecule has 0 saturated carbocycles. The van der Waals surface area contributed by atoms with E-state index < -0.39 is 10.0 Å². The van der Waals surface area contributed by atoms with Crippen molar-refractivity contribution in [3.05, 3.63) is 30.3 Å². The van der Waals surface area contributed by atoms with Crippen molar-refractivity contribution >= 4 is 15.9 Å². The Labute approximate surface area is 144 Å². The second-order valence-corrected chi connectivity index (χ2v) is 8.56. The number of hydrogen-bond donors (Lipinski definition) is 0. The van der Waals surface area contributed by atoms with Crippen molar-refractivity contribution < 1.29 is 13.2 Å². The first-order valence-electron chi connectivity index (χ1n) is 8.51. The van der Waals surface area contributed by atoms with Crippen LogP contribution in [0.1, 0.15) is 12.8 Å². The number of hydrogen-bond acceptors (Lipinski definition) is 4. The molecule has 7 heteroatoms. The monoisotopic (exact) mass is 351 g/mol. The fourth-order valence-electron chi connectivity index (χ4n) is 3.37. The summed E-state index contributed by atoms with van der Waals surface area (Å²) in [4.78, 5) is 17.1. The number of benzene rings is 1. The average molecular weight is 351 g/mol. The lowest BCUT2D eigenvalue weighted by atomic mass is 9.96. The van der Waals surface area contributed by atoms with Gasteiger partial charge in [0, 0.05) is 45.2 Å². The van der Waals surface area contributed by atoms with E-state index in [1.54, 1.807) is 30.3 Å². The Kier molecular flexibility index (Phi) is 5.22. The van der Waals surface area contributed by atoms with Crippen molar-refractivity contribution in [2.45, 2.75) is 17.7 Å². The summed E-state index contributed by atoms with van der Waals surface area (Å²) in [5.41, 5.74) is 0. The molecule has 0 radical (unpaired) electrons. The van der Waals surface area contributed by atoms with E-state index in [2.05, 4.69) is 11.9 Å². The largest absolute Gasteiger partial charge is 0.340 e. The van der Waals surface area contributed by atoms with Gasteiger partial charge in [-0.25, -0.2) is 8.42 Å². The molecule has 0 aliphatic carbocycles. The lowest BCUT2D eigenvalue weighted by molar-refractivity contribution is -0.138. The molecule has 0 spiro atoms. The predicted molar refractivity (Wildman–Crippen MR) is 92.0 cm³/mol. The van der Waals surface area contributed by atoms with Crippen molar-refractivity contribution in [1.29, 1.82) is 0 Å². The van der Waals surface area contributed by atoms with Gasteiger partial charge < -0.3 is 9.80 Å². The van der Waals surface area contributed by atoms with Crippen LogP contribution < -0.4 is 0 Å². The molecule has 132 valence electrons. The van der Waals surface area contributed by atoms with Crippen molar-refractivity contribution in [3.8, 4) is 0 Å². The number of nitrogens with zero attached hydrogens (tertiary/aromatic N) is 3. The Balaban J connectivity index is 1.59. The van der Waals surface area contributed by atoms with Crippen LogP contribution >= 0.6 is 0 Å². The van der Waals surface area contributed by atoms with Gasteiger partial charge in [0.25, 0.3) is 0 Å². The van der Waals surface area contributed by atoms with E-state index >= 15 is 0 Å². The van der Waals surface area contributed by atoms with Gasteiger partial charge in [-0.1, -0.05) is 18.2 Å². The van der Waals surface area contributed by atoms with Crippen LogP contribution in [0.5, 0.6) is 0 Å². The first-order chi connectivity index (χ1) is 11.5. The Morgan fingerprint density at radius 1 is 0.958 bits per heavy atom. The molecular formula is C17H25N3O3S. The highest BCUT2D eigenvalue weighted by Gasteiger charge is 2.34. The van der Waals surface area contributed by atoms with Crippen LogP contribution in [0.15, 0.2) is 35.2 Å². The van der Waals surface area contributed by atoms with E-state index in [9.17, 15) is 13.2 Å². The van der Waals surface area contributed by atoms with Crippen LogP contribution in [0.2, 0.25) is 0 Å². The molecule has 0 unspecified atom stereocenters. The Morgan fingerprint density at radius 2 is 1.54 bits per heavy atom. The maximum atomic E-state index is 12.6. The molecule has 1 aromatic rings. The summed E-state index contributed by atoms with van der Waals surface area (Å²) < 4.78 is 26.8. The molecular weight excluding hydrogens is 326 g/mol. The molecule has 2 fully saturated rings. The zero-order chi connectivity index (χ0) is 17.2. The highest BCUT2D eigenvalue weighted by molar-refractivity contribution is 7.89. The molecule has 1 aromatic carbocycles. The third kappa shape index (κ3) is 3.63. The molecule has 0 bridgehead atoms. The predicted octanol–water partition coefficient (Wildman–Crippen LogP) is 0.861. The minimum absolute atomic E-state index is 0.0457. The molecule has 0 atom stereocenters. The second-order valence-electron chi connectivity index (χ2n) is 6.62. The standard InChI is InChI=1S/C17H25N3O3S/c1-18-11-13-19(14-12-18)17(21)15-7-9-20(10-8-15)24(22,23)16-5-3-2-4-6-16/h2-6,15H,7-14H2,1H3. The zero-order valence-electron chi connectivity index (χ0n) is 14.1. The Morgan fingerprint density at radius 3 is 2.12 bits per heavy atom. The van der Waals surface area contributed by atoms with Crippen LogP contribution in [0.25, 0.3) is 0 Å². The number of piperidine rings is 1. The first kappa shape index (κ1) is 17.4. The third-order valence-corrected chi connectivity index (χ3v) is 6.91. The number of carbonyl (C=O) groups excluding carboxylic acids is 1. The normalized spacial score (nSPS) is 21.8. The summed E-state index contributed by atoms with van der Waals surface area (Å²) in [5, 5.41) is 0. The van der Waals surface area contributed by atoms with Crippen LogP contribution in [0.3, 0.4) is 0 Å². The summed E-state index contributed by atoms with van der Waals surface area (Å²) in [5.74, 6) is 0.149. The van der Waals surface area contributed by atoms with E-state index in [1.807, 2.05) is 4.90 Å². The average Bonchev–Trinajstić information content (AvgIpc) is 2.62. The lowest BCUT2D eigenvalue weighted by Gasteiger charge is -2.37. The summed E-state index contributed by atoms with van der Waals surface area (Å²) in [6, 6.07) is 8.51. The minimum atomic E-state index is -3.44. The van der Waals surface area contributed by atoms with Crippen molar-refractivity contribution in [3.63, 3.8) is 0 Å². The zero-order valence-corrected chi connectivity index (χ0v) is 14.9. The van der Waals surface area contributed by atoms with Gasteiger partial charge in [0.05, 0.1) is 4.90 Å². The molecule has 0 N–H and O–H groups in total. The van der Waals surface area contributed by atoms with Crippen molar-refractivity contribution in [2.24, 2.45) is 5.92 Å². The fourth-order valence-corrected chi connectivity index (χ4v) is 4.86. The molecule has 3 rings (SSSR count). The third-order valence-electron chi connectivity index (χ3n) is 5.00. The van der Waals surface area contributed by atoms with Gasteiger partial charge in [-0.05, 0) is 32.0 Å². The number of amides is 1. The highest BCUT2D eigenvalue weighted by Crippen LogP contribution is 2.25. The second kappa shape index (κ2) is 7.21.